The molecule has 0 aliphatic rings. The van der Waals surface area contributed by atoms with E-state index >= 15 is 0 Å². The first-order valence-corrected chi connectivity index (χ1v) is 6.63. The van der Waals surface area contributed by atoms with Crippen LogP contribution >= 0.6 is 22.6 Å². The SMILES string of the molecule is O=C(Cc1ccccc1F)Nc1cccc(F)c1I. The Balaban J connectivity index is 2.10. The summed E-state index contributed by atoms with van der Waals surface area (Å²) < 4.78 is 27.0. The van der Waals surface area contributed by atoms with Crippen LogP contribution in [0.25, 0.3) is 0 Å². The average molecular weight is 373 g/mol. The summed E-state index contributed by atoms with van der Waals surface area (Å²) in [7, 11) is 0. The topological polar surface area (TPSA) is 29.1 Å². The van der Waals surface area contributed by atoms with Crippen LogP contribution in [0.3, 0.4) is 0 Å². The van der Waals surface area contributed by atoms with Gasteiger partial charge in [0, 0.05) is 0 Å². The minimum Gasteiger partial charge on any atom is -0.325 e. The predicted octanol–water partition coefficient (Wildman–Crippen LogP) is 3.75. The van der Waals surface area contributed by atoms with Crippen molar-refractivity contribution in [1.29, 1.82) is 0 Å². The Labute approximate surface area is 123 Å². The quantitative estimate of drug-likeness (QED) is 0.816. The standard InChI is InChI=1S/C14H10F2INO/c15-10-5-2-1-4-9(10)8-13(19)18-12-7-3-6-11(16)14(12)17/h1-7H,8H2,(H,18,19). The van der Waals surface area contributed by atoms with E-state index in [9.17, 15) is 13.6 Å². The molecule has 2 aromatic rings. The molecule has 0 heterocycles. The molecule has 0 saturated carbocycles. The lowest BCUT2D eigenvalue weighted by Gasteiger charge is -2.08. The molecule has 0 unspecified atom stereocenters. The van der Waals surface area contributed by atoms with Crippen LogP contribution in [-0.2, 0) is 11.2 Å². The highest BCUT2D eigenvalue weighted by atomic mass is 127. The Morgan fingerprint density at radius 1 is 1.05 bits per heavy atom. The van der Waals surface area contributed by atoms with Gasteiger partial charge in [0.2, 0.25) is 5.91 Å². The van der Waals surface area contributed by atoms with Crippen molar-refractivity contribution in [1.82, 2.24) is 0 Å². The molecule has 2 nitrogen and oxygen atoms in total. The number of anilines is 1. The van der Waals surface area contributed by atoms with Crippen molar-refractivity contribution in [3.8, 4) is 0 Å². The number of rotatable bonds is 3. The summed E-state index contributed by atoms with van der Waals surface area (Å²) in [4.78, 5) is 11.8. The lowest BCUT2D eigenvalue weighted by molar-refractivity contribution is -0.115. The summed E-state index contributed by atoms with van der Waals surface area (Å²) >= 11 is 1.81. The summed E-state index contributed by atoms with van der Waals surface area (Å²) in [5, 5.41) is 2.57. The summed E-state index contributed by atoms with van der Waals surface area (Å²) in [6, 6.07) is 10.5. The maximum atomic E-state index is 13.4. The van der Waals surface area contributed by atoms with E-state index in [2.05, 4.69) is 5.32 Å². The van der Waals surface area contributed by atoms with Crippen LogP contribution in [0.5, 0.6) is 0 Å². The molecular weight excluding hydrogens is 363 g/mol. The zero-order valence-corrected chi connectivity index (χ0v) is 11.9. The van der Waals surface area contributed by atoms with E-state index in [4.69, 9.17) is 0 Å². The van der Waals surface area contributed by atoms with Crippen LogP contribution in [0, 0.1) is 15.2 Å². The van der Waals surface area contributed by atoms with Crippen LogP contribution in [0.4, 0.5) is 14.5 Å². The lowest BCUT2D eigenvalue weighted by atomic mass is 10.1. The number of halogens is 3. The molecule has 0 aliphatic carbocycles. The molecule has 98 valence electrons. The molecule has 2 aromatic carbocycles. The van der Waals surface area contributed by atoms with Crippen molar-refractivity contribution >= 4 is 34.2 Å². The van der Waals surface area contributed by atoms with E-state index in [1.165, 1.54) is 18.2 Å². The lowest BCUT2D eigenvalue weighted by Crippen LogP contribution is -2.16. The fourth-order valence-electron chi connectivity index (χ4n) is 1.61. The molecule has 1 amide bonds. The van der Waals surface area contributed by atoms with Gasteiger partial charge in [-0.15, -0.1) is 0 Å². The molecule has 0 aliphatic heterocycles. The molecule has 19 heavy (non-hydrogen) atoms. The first kappa shape index (κ1) is 13.9. The minimum atomic E-state index is -0.424. The molecular formula is C14H10F2INO. The van der Waals surface area contributed by atoms with Gasteiger partial charge < -0.3 is 5.32 Å². The molecule has 0 fully saturated rings. The zero-order valence-electron chi connectivity index (χ0n) is 9.79. The Bertz CT molecular complexity index is 616. The van der Waals surface area contributed by atoms with Crippen LogP contribution in [-0.4, -0.2) is 5.91 Å². The fourth-order valence-corrected chi connectivity index (χ4v) is 2.10. The fraction of sp³-hybridized carbons (Fsp3) is 0.0714. The number of carbonyl (C=O) groups excluding carboxylic acids is 1. The number of hydrogen-bond acceptors (Lipinski definition) is 1. The van der Waals surface area contributed by atoms with E-state index in [1.807, 2.05) is 22.6 Å². The van der Waals surface area contributed by atoms with Gasteiger partial charge in [-0.1, -0.05) is 24.3 Å². The number of amides is 1. The second-order valence-corrected chi connectivity index (χ2v) is 5.00. The Morgan fingerprint density at radius 3 is 2.47 bits per heavy atom. The summed E-state index contributed by atoms with van der Waals surface area (Å²) in [5.74, 6) is -1.20. The van der Waals surface area contributed by atoms with E-state index < -0.39 is 11.6 Å². The van der Waals surface area contributed by atoms with Crippen LogP contribution in [0.2, 0.25) is 0 Å². The third-order valence-corrected chi connectivity index (χ3v) is 3.63. The number of hydrogen-bond donors (Lipinski definition) is 1. The van der Waals surface area contributed by atoms with Crippen molar-refractivity contribution in [3.63, 3.8) is 0 Å². The van der Waals surface area contributed by atoms with Gasteiger partial charge in [0.25, 0.3) is 0 Å². The van der Waals surface area contributed by atoms with E-state index in [0.717, 1.165) is 0 Å². The van der Waals surface area contributed by atoms with Gasteiger partial charge in [-0.2, -0.15) is 0 Å². The van der Waals surface area contributed by atoms with Gasteiger partial charge in [-0.3, -0.25) is 4.79 Å². The second-order valence-electron chi connectivity index (χ2n) is 3.92. The van der Waals surface area contributed by atoms with Crippen LogP contribution in [0.1, 0.15) is 5.56 Å². The molecule has 0 atom stereocenters. The summed E-state index contributed by atoms with van der Waals surface area (Å²) in [5.41, 5.74) is 0.702. The summed E-state index contributed by atoms with van der Waals surface area (Å²) in [6.07, 6.45) is -0.0841. The Morgan fingerprint density at radius 2 is 1.74 bits per heavy atom. The average Bonchev–Trinajstić information content (AvgIpc) is 2.38. The Hall–Kier alpha value is -1.50. The number of benzene rings is 2. The smallest absolute Gasteiger partial charge is 0.228 e. The van der Waals surface area contributed by atoms with Gasteiger partial charge in [-0.05, 0) is 46.4 Å². The highest BCUT2D eigenvalue weighted by Gasteiger charge is 2.11. The highest BCUT2D eigenvalue weighted by Crippen LogP contribution is 2.21. The van der Waals surface area contributed by atoms with Gasteiger partial charge in [0.1, 0.15) is 11.6 Å². The maximum Gasteiger partial charge on any atom is 0.228 e. The third-order valence-electron chi connectivity index (χ3n) is 2.53. The third kappa shape index (κ3) is 3.50. The molecule has 0 bridgehead atoms. The van der Waals surface area contributed by atoms with Gasteiger partial charge in [0.15, 0.2) is 0 Å². The van der Waals surface area contributed by atoms with E-state index in [1.54, 1.807) is 24.3 Å². The molecule has 0 radical (unpaired) electrons. The van der Waals surface area contributed by atoms with Crippen molar-refractivity contribution in [2.45, 2.75) is 6.42 Å². The molecule has 0 saturated heterocycles. The summed E-state index contributed by atoms with van der Waals surface area (Å²) in [6.45, 7) is 0. The minimum absolute atomic E-state index is 0.0841. The molecule has 2 rings (SSSR count). The first-order chi connectivity index (χ1) is 9.08. The molecule has 1 N–H and O–H groups in total. The van der Waals surface area contributed by atoms with Crippen molar-refractivity contribution < 1.29 is 13.6 Å². The highest BCUT2D eigenvalue weighted by molar-refractivity contribution is 14.1. The van der Waals surface area contributed by atoms with Crippen molar-refractivity contribution in [2.24, 2.45) is 0 Å². The van der Waals surface area contributed by atoms with E-state index in [-0.39, 0.29) is 12.3 Å². The predicted molar refractivity (Wildman–Crippen MR) is 77.9 cm³/mol. The van der Waals surface area contributed by atoms with Gasteiger partial charge >= 0.3 is 0 Å². The van der Waals surface area contributed by atoms with Gasteiger partial charge in [-0.25, -0.2) is 8.78 Å². The largest absolute Gasteiger partial charge is 0.325 e. The monoisotopic (exact) mass is 373 g/mol. The zero-order chi connectivity index (χ0) is 13.8. The number of carbonyl (C=O) groups is 1. The second kappa shape index (κ2) is 6.10. The maximum absolute atomic E-state index is 13.4. The first-order valence-electron chi connectivity index (χ1n) is 5.55. The molecule has 0 aromatic heterocycles. The number of nitrogens with one attached hydrogen (secondary N) is 1. The van der Waals surface area contributed by atoms with Crippen molar-refractivity contribution in [2.75, 3.05) is 5.32 Å². The van der Waals surface area contributed by atoms with E-state index in [0.29, 0.717) is 14.8 Å². The van der Waals surface area contributed by atoms with Crippen LogP contribution < -0.4 is 5.32 Å². The molecule has 0 spiro atoms. The normalized spacial score (nSPS) is 10.3. The van der Waals surface area contributed by atoms with Crippen molar-refractivity contribution in [3.05, 3.63) is 63.2 Å². The molecule has 5 heteroatoms. The Kier molecular flexibility index (Phi) is 4.47. The van der Waals surface area contributed by atoms with Crippen LogP contribution in [0.15, 0.2) is 42.5 Å². The van der Waals surface area contributed by atoms with Gasteiger partial charge in [0.05, 0.1) is 15.7 Å².